The summed E-state index contributed by atoms with van der Waals surface area (Å²) in [7, 11) is 0. The molecule has 3 heteroatoms. The Hall–Kier alpha value is -0.570. The zero-order valence-corrected chi connectivity index (χ0v) is 7.92. The molecule has 0 aliphatic carbocycles. The normalized spacial score (nSPS) is 11.9. The summed E-state index contributed by atoms with van der Waals surface area (Å²) in [6, 6.07) is 0. The molecule has 0 aliphatic heterocycles. The van der Waals surface area contributed by atoms with E-state index in [1.54, 1.807) is 6.26 Å². The maximum absolute atomic E-state index is 5.01. The van der Waals surface area contributed by atoms with E-state index in [9.17, 15) is 0 Å². The Kier molecular flexibility index (Phi) is 2.18. The first-order valence-electron chi connectivity index (χ1n) is 3.74. The molecule has 0 spiro atoms. The van der Waals surface area contributed by atoms with Crippen LogP contribution in [0.3, 0.4) is 0 Å². The molecule has 0 atom stereocenters. The van der Waals surface area contributed by atoms with Gasteiger partial charge < -0.3 is 9.40 Å². The summed E-state index contributed by atoms with van der Waals surface area (Å²) in [6.45, 7) is 6.45. The first-order chi connectivity index (χ1) is 5.06. The van der Waals surface area contributed by atoms with E-state index >= 15 is 0 Å². The highest BCUT2D eigenvalue weighted by Gasteiger charge is 2.19. The third-order valence-corrected chi connectivity index (χ3v) is 2.33. The van der Waals surface area contributed by atoms with Crippen molar-refractivity contribution in [2.24, 2.45) is 0 Å². The van der Waals surface area contributed by atoms with Crippen molar-refractivity contribution in [3.8, 4) is 0 Å². The molecule has 0 bridgehead atoms. The average Bonchev–Trinajstić information content (AvgIpc) is 2.36. The van der Waals surface area contributed by atoms with Crippen molar-refractivity contribution in [3.05, 3.63) is 16.8 Å². The minimum Gasteiger partial charge on any atom is -0.438 e. The van der Waals surface area contributed by atoms with Gasteiger partial charge in [0.15, 0.2) is 0 Å². The molecule has 0 fully saturated rings. The predicted octanol–water partition coefficient (Wildman–Crippen LogP) is 3.02. The Morgan fingerprint density at radius 1 is 1.64 bits per heavy atom. The largest absolute Gasteiger partial charge is 0.438 e. The number of aromatic amines is 1. The van der Waals surface area contributed by atoms with Gasteiger partial charge in [-0.3, -0.25) is 0 Å². The van der Waals surface area contributed by atoms with E-state index in [-0.39, 0.29) is 5.41 Å². The lowest BCUT2D eigenvalue weighted by molar-refractivity contribution is 0.483. The third kappa shape index (κ3) is 1.71. The Balaban J connectivity index is 3.01. The minimum atomic E-state index is 0.139. The number of H-pyrrole nitrogens is 1. The van der Waals surface area contributed by atoms with E-state index in [0.29, 0.717) is 4.84 Å². The molecule has 0 saturated heterocycles. The van der Waals surface area contributed by atoms with Gasteiger partial charge in [-0.2, -0.15) is 0 Å². The molecule has 1 aromatic heterocycles. The second kappa shape index (κ2) is 2.81. The summed E-state index contributed by atoms with van der Waals surface area (Å²) >= 11 is 4.83. The molecule has 62 valence electrons. The molecule has 1 heterocycles. The van der Waals surface area contributed by atoms with E-state index in [0.717, 1.165) is 12.1 Å². The van der Waals surface area contributed by atoms with Crippen molar-refractivity contribution in [1.82, 2.24) is 4.98 Å². The molecule has 0 aromatic carbocycles. The molecule has 1 aromatic rings. The van der Waals surface area contributed by atoms with Gasteiger partial charge in [-0.25, -0.2) is 0 Å². The second-order valence-corrected chi connectivity index (χ2v) is 3.67. The van der Waals surface area contributed by atoms with Gasteiger partial charge >= 0.3 is 0 Å². The fourth-order valence-electron chi connectivity index (χ4n) is 0.800. The van der Waals surface area contributed by atoms with Crippen molar-refractivity contribution in [1.29, 1.82) is 0 Å². The highest BCUT2D eigenvalue weighted by molar-refractivity contribution is 7.71. The summed E-state index contributed by atoms with van der Waals surface area (Å²) < 4.78 is 5.01. The van der Waals surface area contributed by atoms with Crippen molar-refractivity contribution in [2.45, 2.75) is 32.6 Å². The highest BCUT2D eigenvalue weighted by Crippen LogP contribution is 2.24. The van der Waals surface area contributed by atoms with Crippen molar-refractivity contribution in [2.75, 3.05) is 0 Å². The van der Waals surface area contributed by atoms with Crippen molar-refractivity contribution >= 4 is 12.2 Å². The summed E-state index contributed by atoms with van der Waals surface area (Å²) in [5.41, 5.74) is 1.21. The number of rotatable bonds is 2. The summed E-state index contributed by atoms with van der Waals surface area (Å²) in [5.74, 6) is 0. The van der Waals surface area contributed by atoms with Gasteiger partial charge in [0.2, 0.25) is 0 Å². The molecule has 11 heavy (non-hydrogen) atoms. The van der Waals surface area contributed by atoms with Crippen LogP contribution in [-0.2, 0) is 5.41 Å². The molecule has 0 amide bonds. The first-order valence-corrected chi connectivity index (χ1v) is 4.15. The van der Waals surface area contributed by atoms with Crippen LogP contribution >= 0.6 is 12.2 Å². The lowest BCUT2D eigenvalue weighted by Crippen LogP contribution is -2.15. The van der Waals surface area contributed by atoms with Crippen molar-refractivity contribution in [3.63, 3.8) is 0 Å². The maximum Gasteiger partial charge on any atom is 0.266 e. The summed E-state index contributed by atoms with van der Waals surface area (Å²) in [5, 5.41) is 0. The van der Waals surface area contributed by atoms with Crippen LogP contribution < -0.4 is 0 Å². The topological polar surface area (TPSA) is 28.9 Å². The average molecular weight is 171 g/mol. The molecule has 0 saturated carbocycles. The molecule has 1 N–H and O–H groups in total. The van der Waals surface area contributed by atoms with Crippen molar-refractivity contribution < 1.29 is 4.42 Å². The minimum absolute atomic E-state index is 0.139. The van der Waals surface area contributed by atoms with Crippen LogP contribution in [0.1, 0.15) is 32.9 Å². The van der Waals surface area contributed by atoms with Crippen LogP contribution in [0.4, 0.5) is 0 Å². The fourth-order valence-corrected chi connectivity index (χ4v) is 0.959. The quantitative estimate of drug-likeness (QED) is 0.693. The summed E-state index contributed by atoms with van der Waals surface area (Å²) in [6.07, 6.45) is 2.77. The van der Waals surface area contributed by atoms with Gasteiger partial charge in [-0.15, -0.1) is 0 Å². The lowest BCUT2D eigenvalue weighted by atomic mass is 9.87. The van der Waals surface area contributed by atoms with Crippen LogP contribution in [0.5, 0.6) is 0 Å². The predicted molar refractivity (Wildman–Crippen MR) is 47.2 cm³/mol. The van der Waals surface area contributed by atoms with E-state index < -0.39 is 0 Å². The monoisotopic (exact) mass is 171 g/mol. The maximum atomic E-state index is 5.01. The van der Waals surface area contributed by atoms with Crippen LogP contribution in [0.15, 0.2) is 10.7 Å². The lowest BCUT2D eigenvalue weighted by Gasteiger charge is -2.19. The van der Waals surface area contributed by atoms with E-state index in [4.69, 9.17) is 16.6 Å². The number of hydrogen-bond acceptors (Lipinski definition) is 2. The zero-order valence-electron chi connectivity index (χ0n) is 7.10. The zero-order chi connectivity index (χ0) is 8.48. The van der Waals surface area contributed by atoms with Crippen LogP contribution in [0.25, 0.3) is 0 Å². The smallest absolute Gasteiger partial charge is 0.266 e. The molecule has 1 rings (SSSR count). The third-order valence-electron chi connectivity index (χ3n) is 2.13. The Morgan fingerprint density at radius 3 is 2.64 bits per heavy atom. The Bertz CT molecular complexity index is 284. The molecule has 0 aliphatic rings. The second-order valence-electron chi connectivity index (χ2n) is 3.30. The molecule has 0 radical (unpaired) electrons. The molecule has 2 nitrogen and oxygen atoms in total. The van der Waals surface area contributed by atoms with Crippen LogP contribution in [0, 0.1) is 4.84 Å². The highest BCUT2D eigenvalue weighted by atomic mass is 32.1. The van der Waals surface area contributed by atoms with E-state index in [1.807, 2.05) is 0 Å². The SMILES string of the molecule is CCC(C)(C)c1coc(=S)[nH]1. The molecular formula is C8H13NOS. The number of nitrogens with one attached hydrogen (secondary N) is 1. The van der Waals surface area contributed by atoms with Gasteiger partial charge in [0.25, 0.3) is 4.84 Å². The number of hydrogen-bond donors (Lipinski definition) is 1. The Morgan fingerprint density at radius 2 is 2.27 bits per heavy atom. The number of aromatic nitrogens is 1. The van der Waals surface area contributed by atoms with Gasteiger partial charge in [0, 0.05) is 5.41 Å². The number of oxazole rings is 1. The molecular weight excluding hydrogens is 158 g/mol. The van der Waals surface area contributed by atoms with Crippen LogP contribution in [-0.4, -0.2) is 4.98 Å². The van der Waals surface area contributed by atoms with Gasteiger partial charge in [0.05, 0.1) is 5.69 Å². The Labute approximate surface area is 71.6 Å². The van der Waals surface area contributed by atoms with Gasteiger partial charge in [0.1, 0.15) is 6.26 Å². The fraction of sp³-hybridized carbons (Fsp3) is 0.625. The molecule has 0 unspecified atom stereocenters. The van der Waals surface area contributed by atoms with Gasteiger partial charge in [-0.05, 0) is 18.6 Å². The first kappa shape index (κ1) is 8.53. The van der Waals surface area contributed by atoms with Gasteiger partial charge in [-0.1, -0.05) is 20.8 Å². The van der Waals surface area contributed by atoms with E-state index in [1.165, 1.54) is 0 Å². The van der Waals surface area contributed by atoms with E-state index in [2.05, 4.69) is 25.8 Å². The standard InChI is InChI=1S/C8H13NOS/c1-4-8(2,3)6-5-10-7(11)9-6/h5H,4H2,1-3H3,(H,9,11). The van der Waals surface area contributed by atoms with Crippen LogP contribution in [0.2, 0.25) is 0 Å². The summed E-state index contributed by atoms with van der Waals surface area (Å²) in [4.78, 5) is 3.48.